The molecule has 1 aromatic rings. The van der Waals surface area contributed by atoms with Crippen molar-refractivity contribution in [2.45, 2.75) is 20.3 Å². The Hall–Kier alpha value is -2.02. The number of nitrogens with one attached hydrogen (secondary N) is 1. The predicted molar refractivity (Wildman–Crippen MR) is 104 cm³/mol. The summed E-state index contributed by atoms with van der Waals surface area (Å²) < 4.78 is 5.38. The first kappa shape index (κ1) is 20.3. The van der Waals surface area contributed by atoms with E-state index in [2.05, 4.69) is 34.0 Å². The molecule has 0 aromatic carbocycles. The average Bonchev–Trinajstić information content (AvgIpc) is 3.11. The second kappa shape index (κ2) is 10.2. The number of hydrogen-bond donors (Lipinski definition) is 1. The number of rotatable bonds is 7. The van der Waals surface area contributed by atoms with Gasteiger partial charge in [0.25, 0.3) is 0 Å². The van der Waals surface area contributed by atoms with Crippen molar-refractivity contribution in [3.63, 3.8) is 0 Å². The van der Waals surface area contributed by atoms with Crippen LogP contribution < -0.4 is 5.32 Å². The maximum atomic E-state index is 11.9. The van der Waals surface area contributed by atoms with Crippen LogP contribution >= 0.6 is 0 Å². The topological polar surface area (TPSA) is 64.3 Å². The molecule has 1 fully saturated rings. The normalized spacial score (nSPS) is 16.2. The SMILES string of the molecule is CC(C)CN1CCN(C(=NCC(=O)N(C)C)NCCc2ccco2)CC1. The Morgan fingerprint density at radius 1 is 1.31 bits per heavy atom. The minimum atomic E-state index is 0.00813. The molecule has 0 spiro atoms. The van der Waals surface area contributed by atoms with Gasteiger partial charge < -0.3 is 19.5 Å². The van der Waals surface area contributed by atoms with Crippen LogP contribution in [0.15, 0.2) is 27.8 Å². The summed E-state index contributed by atoms with van der Waals surface area (Å²) in [6.45, 7) is 10.4. The van der Waals surface area contributed by atoms with Gasteiger partial charge in [0.2, 0.25) is 5.91 Å². The van der Waals surface area contributed by atoms with E-state index in [0.29, 0.717) is 5.92 Å². The minimum absolute atomic E-state index is 0.00813. The van der Waals surface area contributed by atoms with Gasteiger partial charge in [0.05, 0.1) is 6.26 Å². The van der Waals surface area contributed by atoms with Gasteiger partial charge in [-0.1, -0.05) is 13.8 Å². The van der Waals surface area contributed by atoms with Crippen LogP contribution in [0.4, 0.5) is 0 Å². The van der Waals surface area contributed by atoms with Crippen molar-refractivity contribution in [2.75, 3.05) is 59.9 Å². The highest BCUT2D eigenvalue weighted by atomic mass is 16.3. The lowest BCUT2D eigenvalue weighted by Gasteiger charge is -2.37. The molecule has 1 N–H and O–H groups in total. The number of nitrogens with zero attached hydrogens (tertiary/aromatic N) is 4. The fourth-order valence-electron chi connectivity index (χ4n) is 2.96. The molecule has 1 aliphatic heterocycles. The van der Waals surface area contributed by atoms with Gasteiger partial charge in [-0.05, 0) is 18.1 Å². The monoisotopic (exact) mass is 363 g/mol. The maximum Gasteiger partial charge on any atom is 0.243 e. The van der Waals surface area contributed by atoms with E-state index in [0.717, 1.165) is 57.4 Å². The lowest BCUT2D eigenvalue weighted by atomic mass is 10.2. The van der Waals surface area contributed by atoms with E-state index < -0.39 is 0 Å². The smallest absolute Gasteiger partial charge is 0.243 e. The van der Waals surface area contributed by atoms with E-state index in [1.54, 1.807) is 25.3 Å². The predicted octanol–water partition coefficient (Wildman–Crippen LogP) is 1.13. The zero-order valence-electron chi connectivity index (χ0n) is 16.6. The third-order valence-electron chi connectivity index (χ3n) is 4.39. The van der Waals surface area contributed by atoms with E-state index in [4.69, 9.17) is 4.42 Å². The number of furan rings is 1. The van der Waals surface area contributed by atoms with Crippen LogP contribution in [-0.2, 0) is 11.2 Å². The molecule has 0 saturated carbocycles. The molecule has 0 radical (unpaired) electrons. The van der Waals surface area contributed by atoms with E-state index in [-0.39, 0.29) is 12.5 Å². The highest BCUT2D eigenvalue weighted by Crippen LogP contribution is 2.06. The summed E-state index contributed by atoms with van der Waals surface area (Å²) in [6, 6.07) is 3.87. The lowest BCUT2D eigenvalue weighted by Crippen LogP contribution is -2.53. The van der Waals surface area contributed by atoms with Crippen molar-refractivity contribution in [3.05, 3.63) is 24.2 Å². The summed E-state index contributed by atoms with van der Waals surface area (Å²) in [5.41, 5.74) is 0. The first-order valence-corrected chi connectivity index (χ1v) is 9.44. The van der Waals surface area contributed by atoms with Crippen molar-refractivity contribution >= 4 is 11.9 Å². The molecular weight excluding hydrogens is 330 g/mol. The largest absolute Gasteiger partial charge is 0.469 e. The van der Waals surface area contributed by atoms with Gasteiger partial charge in [-0.3, -0.25) is 9.69 Å². The quantitative estimate of drug-likeness (QED) is 0.581. The Morgan fingerprint density at radius 3 is 2.62 bits per heavy atom. The van der Waals surface area contributed by atoms with Gasteiger partial charge >= 0.3 is 0 Å². The number of likely N-dealkylation sites (N-methyl/N-ethyl adjacent to an activating group) is 1. The molecule has 0 aliphatic carbocycles. The Morgan fingerprint density at radius 2 is 2.04 bits per heavy atom. The summed E-state index contributed by atoms with van der Waals surface area (Å²) in [7, 11) is 3.51. The molecular formula is C19H33N5O2. The van der Waals surface area contributed by atoms with E-state index in [1.807, 2.05) is 12.1 Å². The van der Waals surface area contributed by atoms with Crippen molar-refractivity contribution in [1.82, 2.24) is 20.0 Å². The summed E-state index contributed by atoms with van der Waals surface area (Å²) >= 11 is 0. The molecule has 146 valence electrons. The van der Waals surface area contributed by atoms with Gasteiger partial charge in [0.1, 0.15) is 12.3 Å². The van der Waals surface area contributed by atoms with Crippen molar-refractivity contribution in [3.8, 4) is 0 Å². The number of amides is 1. The van der Waals surface area contributed by atoms with Crippen molar-refractivity contribution in [2.24, 2.45) is 10.9 Å². The van der Waals surface area contributed by atoms with Gasteiger partial charge in [-0.15, -0.1) is 0 Å². The summed E-state index contributed by atoms with van der Waals surface area (Å²) in [6.07, 6.45) is 2.48. The molecule has 0 atom stereocenters. The lowest BCUT2D eigenvalue weighted by molar-refractivity contribution is -0.127. The Kier molecular flexibility index (Phi) is 7.97. The van der Waals surface area contributed by atoms with E-state index in [1.165, 1.54) is 0 Å². The first-order chi connectivity index (χ1) is 12.5. The fraction of sp³-hybridized carbons (Fsp3) is 0.684. The minimum Gasteiger partial charge on any atom is -0.469 e. The Balaban J connectivity index is 1.91. The number of hydrogen-bond acceptors (Lipinski definition) is 4. The van der Waals surface area contributed by atoms with Crippen molar-refractivity contribution < 1.29 is 9.21 Å². The zero-order valence-corrected chi connectivity index (χ0v) is 16.6. The second-order valence-corrected chi connectivity index (χ2v) is 7.37. The summed E-state index contributed by atoms with van der Waals surface area (Å²) in [5.74, 6) is 2.45. The molecule has 26 heavy (non-hydrogen) atoms. The molecule has 7 heteroatoms. The van der Waals surface area contributed by atoms with Crippen molar-refractivity contribution in [1.29, 1.82) is 0 Å². The van der Waals surface area contributed by atoms with Crippen LogP contribution in [-0.4, -0.2) is 86.5 Å². The van der Waals surface area contributed by atoms with Gasteiger partial charge in [-0.25, -0.2) is 4.99 Å². The zero-order chi connectivity index (χ0) is 18.9. The van der Waals surface area contributed by atoms with Crippen LogP contribution in [0.1, 0.15) is 19.6 Å². The Bertz CT molecular complexity index is 560. The molecule has 7 nitrogen and oxygen atoms in total. The highest BCUT2D eigenvalue weighted by Gasteiger charge is 2.20. The number of guanidine groups is 1. The summed E-state index contributed by atoms with van der Waals surface area (Å²) in [5, 5.41) is 3.40. The number of carbonyl (C=O) groups is 1. The van der Waals surface area contributed by atoms with Gasteiger partial charge in [0, 0.05) is 59.8 Å². The maximum absolute atomic E-state index is 11.9. The van der Waals surface area contributed by atoms with E-state index >= 15 is 0 Å². The van der Waals surface area contributed by atoms with Crippen LogP contribution in [0.5, 0.6) is 0 Å². The number of aliphatic imine (C=N–C) groups is 1. The molecule has 1 aliphatic rings. The fourth-order valence-corrected chi connectivity index (χ4v) is 2.96. The molecule has 1 amide bonds. The van der Waals surface area contributed by atoms with Gasteiger partial charge in [0.15, 0.2) is 5.96 Å². The third-order valence-corrected chi connectivity index (χ3v) is 4.39. The van der Waals surface area contributed by atoms with Gasteiger partial charge in [-0.2, -0.15) is 0 Å². The first-order valence-electron chi connectivity index (χ1n) is 9.44. The average molecular weight is 364 g/mol. The second-order valence-electron chi connectivity index (χ2n) is 7.37. The van der Waals surface area contributed by atoms with Crippen LogP contribution in [0, 0.1) is 5.92 Å². The third kappa shape index (κ3) is 6.71. The Labute approximate surface area is 157 Å². The van der Waals surface area contributed by atoms with Crippen LogP contribution in [0.25, 0.3) is 0 Å². The molecule has 1 saturated heterocycles. The molecule has 2 rings (SSSR count). The molecule has 0 unspecified atom stereocenters. The summed E-state index contributed by atoms with van der Waals surface area (Å²) in [4.78, 5) is 22.8. The molecule has 1 aromatic heterocycles. The number of carbonyl (C=O) groups excluding carboxylic acids is 1. The van der Waals surface area contributed by atoms with Crippen LogP contribution in [0.3, 0.4) is 0 Å². The highest BCUT2D eigenvalue weighted by molar-refractivity contribution is 5.84. The van der Waals surface area contributed by atoms with Crippen LogP contribution in [0.2, 0.25) is 0 Å². The molecule has 0 bridgehead atoms. The molecule has 2 heterocycles. The standard InChI is InChI=1S/C19H33N5O2/c1-16(2)15-23-9-11-24(12-10-23)19(21-14-18(25)22(3)4)20-8-7-17-6-5-13-26-17/h5-6,13,16H,7-12,14-15H2,1-4H3,(H,20,21). The number of piperazine rings is 1. The van der Waals surface area contributed by atoms with E-state index in [9.17, 15) is 4.79 Å².